The van der Waals surface area contributed by atoms with Crippen molar-refractivity contribution < 1.29 is 16.8 Å². The summed E-state index contributed by atoms with van der Waals surface area (Å²) in [5.74, 6) is -0.160. The molecule has 0 saturated carbocycles. The molecule has 0 radical (unpaired) electrons. The van der Waals surface area contributed by atoms with Crippen LogP contribution < -0.4 is 0 Å². The minimum atomic E-state index is -3.45. The van der Waals surface area contributed by atoms with E-state index < -0.39 is 20.0 Å². The Balaban J connectivity index is 2.97. The molecular weight excluding hydrogens is 276 g/mol. The number of hydrogen-bond acceptors (Lipinski definition) is 4. The fourth-order valence-electron chi connectivity index (χ4n) is 1.02. The Kier molecular flexibility index (Phi) is 4.58. The molecule has 0 heterocycles. The van der Waals surface area contributed by atoms with Gasteiger partial charge in [0.2, 0.25) is 0 Å². The molecule has 100 valence electrons. The smallest absolute Gasteiger partial charge is 0.205 e. The predicted molar refractivity (Wildman–Crippen MR) is 72.1 cm³/mol. The third kappa shape index (κ3) is 4.53. The van der Waals surface area contributed by atoms with Gasteiger partial charge in [-0.25, -0.2) is 16.8 Å². The summed E-state index contributed by atoms with van der Waals surface area (Å²) in [7, 11) is -6.90. The maximum Gasteiger partial charge on any atom is 0.253 e. The molecule has 18 heavy (non-hydrogen) atoms. The highest BCUT2D eigenvalue weighted by Gasteiger charge is 2.09. The van der Waals surface area contributed by atoms with Crippen molar-refractivity contribution in [3.8, 4) is 0 Å². The molecule has 0 amide bonds. The molecule has 8 heteroatoms. The summed E-state index contributed by atoms with van der Waals surface area (Å²) in [6.07, 6.45) is 5.66. The Labute approximate surface area is 107 Å². The summed E-state index contributed by atoms with van der Waals surface area (Å²) in [6.45, 7) is 2.99. The molecule has 0 aromatic carbocycles. The monoisotopic (exact) mass is 290 g/mol. The Bertz CT molecular complexity index is 563. The molecule has 0 aliphatic heterocycles. The van der Waals surface area contributed by atoms with Crippen molar-refractivity contribution in [1.29, 1.82) is 0 Å². The van der Waals surface area contributed by atoms with Crippen LogP contribution in [0, 0.1) is 0 Å². The van der Waals surface area contributed by atoms with Gasteiger partial charge in [0.05, 0.1) is 22.9 Å². The first-order valence-electron chi connectivity index (χ1n) is 5.29. The van der Waals surface area contributed by atoms with Gasteiger partial charge < -0.3 is 0 Å². The largest absolute Gasteiger partial charge is 0.253 e. The summed E-state index contributed by atoms with van der Waals surface area (Å²) in [5.41, 5.74) is 0.509. The summed E-state index contributed by atoms with van der Waals surface area (Å²) < 4.78 is 52.1. The maximum absolute atomic E-state index is 11.2. The second-order valence-electron chi connectivity index (χ2n) is 3.44. The average Bonchev–Trinajstić information content (AvgIpc) is 2.31. The van der Waals surface area contributed by atoms with Gasteiger partial charge in [0.25, 0.3) is 20.0 Å². The summed E-state index contributed by atoms with van der Waals surface area (Å²) in [5, 5.41) is 0. The lowest BCUT2D eigenvalue weighted by atomic mass is 10.1. The number of sulfonamides is 2. The fraction of sp³-hybridized carbons (Fsp3) is 0.400. The lowest BCUT2D eigenvalue weighted by Gasteiger charge is -2.02. The molecule has 0 atom stereocenters. The minimum Gasteiger partial charge on any atom is -0.205 e. The van der Waals surface area contributed by atoms with E-state index in [1.165, 1.54) is 38.2 Å². The van der Waals surface area contributed by atoms with Crippen molar-refractivity contribution in [3.63, 3.8) is 0 Å². The molecule has 0 unspecified atom stereocenters. The van der Waals surface area contributed by atoms with Crippen LogP contribution in [-0.2, 0) is 20.0 Å². The van der Waals surface area contributed by atoms with Gasteiger partial charge in [-0.3, -0.25) is 0 Å². The lowest BCUT2D eigenvalue weighted by Crippen LogP contribution is -2.08. The van der Waals surface area contributed by atoms with E-state index in [9.17, 15) is 16.8 Å². The third-order valence-corrected chi connectivity index (χ3v) is 4.51. The van der Waals surface area contributed by atoms with Gasteiger partial charge in [-0.15, -0.1) is 0 Å². The molecule has 6 nitrogen and oxygen atoms in total. The normalized spacial score (nSPS) is 15.9. The highest BCUT2D eigenvalue weighted by atomic mass is 32.2. The first-order valence-corrected chi connectivity index (χ1v) is 8.51. The number of allylic oxidation sites excluding steroid dienone is 4. The van der Waals surface area contributed by atoms with Crippen LogP contribution >= 0.6 is 0 Å². The molecule has 1 aliphatic carbocycles. The minimum absolute atomic E-state index is 0.0800. The highest BCUT2D eigenvalue weighted by Crippen LogP contribution is 2.04. The summed E-state index contributed by atoms with van der Waals surface area (Å²) in [6, 6.07) is 0. The van der Waals surface area contributed by atoms with Crippen LogP contribution in [0.15, 0.2) is 33.1 Å². The molecule has 0 N–H and O–H groups in total. The maximum atomic E-state index is 11.2. The summed E-state index contributed by atoms with van der Waals surface area (Å²) >= 11 is 0. The standard InChI is InChI=1S/C10H14N2O4S2/c1-3-17(13,14)11-9-5-7-10(8-6-9)12-18(15,16)4-2/h5-8H,3-4H2,1-2H3. The Morgan fingerprint density at radius 3 is 1.28 bits per heavy atom. The van der Waals surface area contributed by atoms with Gasteiger partial charge in [-0.1, -0.05) is 0 Å². The molecule has 1 aliphatic rings. The van der Waals surface area contributed by atoms with E-state index in [-0.39, 0.29) is 22.9 Å². The van der Waals surface area contributed by atoms with E-state index in [2.05, 4.69) is 8.80 Å². The van der Waals surface area contributed by atoms with Gasteiger partial charge in [0, 0.05) is 0 Å². The second kappa shape index (κ2) is 5.57. The van der Waals surface area contributed by atoms with Crippen molar-refractivity contribution in [3.05, 3.63) is 24.3 Å². The predicted octanol–water partition coefficient (Wildman–Crippen LogP) is 0.694. The molecular formula is C10H14N2O4S2. The SMILES string of the molecule is CCS(=O)(=O)N=C1C=CC(=NS(=O)(=O)CC)C=C1. The van der Waals surface area contributed by atoms with Gasteiger partial charge in [0.1, 0.15) is 0 Å². The zero-order valence-electron chi connectivity index (χ0n) is 10.1. The van der Waals surface area contributed by atoms with Crippen LogP contribution in [0.5, 0.6) is 0 Å². The van der Waals surface area contributed by atoms with Crippen molar-refractivity contribution in [2.24, 2.45) is 8.80 Å². The second-order valence-corrected chi connectivity index (χ2v) is 7.29. The number of hydrogen-bond donors (Lipinski definition) is 0. The first-order chi connectivity index (χ1) is 8.28. The third-order valence-electron chi connectivity index (χ3n) is 2.07. The van der Waals surface area contributed by atoms with E-state index in [4.69, 9.17) is 0 Å². The summed E-state index contributed by atoms with van der Waals surface area (Å²) in [4.78, 5) is 0. The van der Waals surface area contributed by atoms with E-state index >= 15 is 0 Å². The van der Waals surface area contributed by atoms with E-state index in [0.717, 1.165) is 0 Å². The van der Waals surface area contributed by atoms with E-state index in [1.807, 2.05) is 0 Å². The Morgan fingerprint density at radius 2 is 1.06 bits per heavy atom. The van der Waals surface area contributed by atoms with E-state index in [1.54, 1.807) is 0 Å². The fourth-order valence-corrected chi connectivity index (χ4v) is 2.17. The lowest BCUT2D eigenvalue weighted by molar-refractivity contribution is 0.597. The molecule has 0 aromatic heterocycles. The van der Waals surface area contributed by atoms with Crippen molar-refractivity contribution in [2.75, 3.05) is 11.5 Å². The van der Waals surface area contributed by atoms with Gasteiger partial charge in [-0.05, 0) is 38.2 Å². The number of rotatable bonds is 4. The molecule has 0 fully saturated rings. The van der Waals surface area contributed by atoms with Crippen LogP contribution in [0.2, 0.25) is 0 Å². The zero-order chi connectivity index (χ0) is 13.8. The first kappa shape index (κ1) is 14.8. The van der Waals surface area contributed by atoms with Crippen molar-refractivity contribution in [1.82, 2.24) is 0 Å². The molecule has 0 spiro atoms. The van der Waals surface area contributed by atoms with Crippen LogP contribution in [0.4, 0.5) is 0 Å². The van der Waals surface area contributed by atoms with Crippen LogP contribution in [0.3, 0.4) is 0 Å². The topological polar surface area (TPSA) is 93.0 Å². The average molecular weight is 290 g/mol. The van der Waals surface area contributed by atoms with Crippen LogP contribution in [-0.4, -0.2) is 39.8 Å². The quantitative estimate of drug-likeness (QED) is 0.712. The van der Waals surface area contributed by atoms with Crippen molar-refractivity contribution in [2.45, 2.75) is 13.8 Å². The van der Waals surface area contributed by atoms with Crippen LogP contribution in [0.1, 0.15) is 13.8 Å². The Morgan fingerprint density at radius 1 is 0.778 bits per heavy atom. The molecule has 0 aromatic rings. The Hall–Kier alpha value is -1.28. The van der Waals surface area contributed by atoms with Gasteiger partial charge in [-0.2, -0.15) is 8.80 Å². The highest BCUT2D eigenvalue weighted by molar-refractivity contribution is 7.90. The van der Waals surface area contributed by atoms with E-state index in [0.29, 0.717) is 0 Å². The molecule has 0 bridgehead atoms. The zero-order valence-corrected chi connectivity index (χ0v) is 11.7. The van der Waals surface area contributed by atoms with Crippen LogP contribution in [0.25, 0.3) is 0 Å². The van der Waals surface area contributed by atoms with Gasteiger partial charge in [0.15, 0.2) is 0 Å². The molecule has 0 saturated heterocycles. The van der Waals surface area contributed by atoms with Gasteiger partial charge >= 0.3 is 0 Å². The number of nitrogens with zero attached hydrogens (tertiary/aromatic N) is 2. The van der Waals surface area contributed by atoms with Crippen molar-refractivity contribution >= 4 is 31.5 Å². The molecule has 1 rings (SSSR count).